The lowest BCUT2D eigenvalue weighted by atomic mass is 9.95. The van der Waals surface area contributed by atoms with Gasteiger partial charge in [-0.25, -0.2) is 0 Å². The number of aryl methyl sites for hydroxylation is 1. The molecule has 1 aromatic carbocycles. The van der Waals surface area contributed by atoms with Crippen LogP contribution in [0.25, 0.3) is 0 Å². The van der Waals surface area contributed by atoms with Crippen LogP contribution in [0.4, 0.5) is 0 Å². The third kappa shape index (κ3) is 2.73. The summed E-state index contributed by atoms with van der Waals surface area (Å²) in [5.41, 5.74) is 2.32. The molecule has 3 rings (SSSR count). The van der Waals surface area contributed by atoms with E-state index in [0.717, 1.165) is 29.2 Å². The van der Waals surface area contributed by atoms with Gasteiger partial charge >= 0.3 is 0 Å². The summed E-state index contributed by atoms with van der Waals surface area (Å²) < 4.78 is 11.8. The van der Waals surface area contributed by atoms with E-state index < -0.39 is 5.72 Å². The molecular weight excluding hydrogens is 288 g/mol. The standard InChI is InChI=1S/C19H24N2O2/c1-14(2)21-11-12-23-19(21,18-10-5-7-15(3)20-18)16-8-6-9-17(13-16)22-4/h5-10,13-14H,11-12H2,1-4H3. The zero-order valence-electron chi connectivity index (χ0n) is 14.2. The number of benzene rings is 1. The van der Waals surface area contributed by atoms with Crippen molar-refractivity contribution in [3.63, 3.8) is 0 Å². The summed E-state index contributed by atoms with van der Waals surface area (Å²) in [7, 11) is 1.69. The fourth-order valence-corrected chi connectivity index (χ4v) is 3.34. The number of hydrogen-bond donors (Lipinski definition) is 0. The zero-order valence-corrected chi connectivity index (χ0v) is 14.2. The Bertz CT molecular complexity index is 687. The van der Waals surface area contributed by atoms with Crippen LogP contribution in [0.1, 0.15) is 30.8 Å². The predicted molar refractivity (Wildman–Crippen MR) is 90.5 cm³/mol. The maximum Gasteiger partial charge on any atom is 0.191 e. The number of ether oxygens (including phenoxy) is 2. The molecule has 4 nitrogen and oxygen atoms in total. The van der Waals surface area contributed by atoms with Crippen molar-refractivity contribution in [2.75, 3.05) is 20.3 Å². The maximum atomic E-state index is 6.35. The summed E-state index contributed by atoms with van der Waals surface area (Å²) in [5.74, 6) is 0.828. The zero-order chi connectivity index (χ0) is 16.4. The minimum atomic E-state index is -0.658. The molecule has 0 N–H and O–H groups in total. The molecule has 2 heterocycles. The summed E-state index contributed by atoms with van der Waals surface area (Å²) in [6, 6.07) is 14.5. The average Bonchev–Trinajstić information content (AvgIpc) is 3.01. The first-order chi connectivity index (χ1) is 11.1. The van der Waals surface area contributed by atoms with Gasteiger partial charge in [0.05, 0.1) is 19.4 Å². The summed E-state index contributed by atoms with van der Waals surface area (Å²) in [6.07, 6.45) is 0. The lowest BCUT2D eigenvalue weighted by molar-refractivity contribution is -0.0684. The van der Waals surface area contributed by atoms with Crippen molar-refractivity contribution >= 4 is 0 Å². The molecule has 0 bridgehead atoms. The summed E-state index contributed by atoms with van der Waals surface area (Å²) in [6.45, 7) is 7.96. The molecule has 2 aromatic rings. The lowest BCUT2D eigenvalue weighted by Gasteiger charge is -2.39. The van der Waals surface area contributed by atoms with Crippen LogP contribution in [0, 0.1) is 6.92 Å². The largest absolute Gasteiger partial charge is 0.497 e. The summed E-state index contributed by atoms with van der Waals surface area (Å²) in [4.78, 5) is 7.15. The Hall–Kier alpha value is -1.91. The van der Waals surface area contributed by atoms with Crippen molar-refractivity contribution in [3.8, 4) is 5.75 Å². The van der Waals surface area contributed by atoms with Crippen LogP contribution in [0.2, 0.25) is 0 Å². The Morgan fingerprint density at radius 1 is 1.22 bits per heavy atom. The van der Waals surface area contributed by atoms with Crippen LogP contribution < -0.4 is 4.74 Å². The first kappa shape index (κ1) is 16.0. The van der Waals surface area contributed by atoms with E-state index >= 15 is 0 Å². The van der Waals surface area contributed by atoms with E-state index in [1.165, 1.54) is 0 Å². The number of nitrogens with zero attached hydrogens (tertiary/aromatic N) is 2. The molecule has 1 fully saturated rings. The van der Waals surface area contributed by atoms with Gasteiger partial charge in [-0.15, -0.1) is 0 Å². The van der Waals surface area contributed by atoms with Gasteiger partial charge in [0.15, 0.2) is 5.72 Å². The van der Waals surface area contributed by atoms with Crippen molar-refractivity contribution in [2.45, 2.75) is 32.5 Å². The molecule has 0 radical (unpaired) electrons. The van der Waals surface area contributed by atoms with Crippen LogP contribution in [0.15, 0.2) is 42.5 Å². The Balaban J connectivity index is 2.21. The third-order valence-electron chi connectivity index (χ3n) is 4.37. The molecule has 0 spiro atoms. The van der Waals surface area contributed by atoms with E-state index in [0.29, 0.717) is 12.6 Å². The summed E-state index contributed by atoms with van der Waals surface area (Å²) in [5, 5.41) is 0. The Labute approximate surface area is 138 Å². The molecule has 0 amide bonds. The van der Waals surface area contributed by atoms with E-state index in [1.807, 2.05) is 43.3 Å². The van der Waals surface area contributed by atoms with Gasteiger partial charge in [-0.3, -0.25) is 9.88 Å². The van der Waals surface area contributed by atoms with E-state index in [1.54, 1.807) is 7.11 Å². The smallest absolute Gasteiger partial charge is 0.191 e. The van der Waals surface area contributed by atoms with Crippen molar-refractivity contribution in [2.24, 2.45) is 0 Å². The van der Waals surface area contributed by atoms with Gasteiger partial charge in [-0.2, -0.15) is 0 Å². The average molecular weight is 312 g/mol. The van der Waals surface area contributed by atoms with Crippen LogP contribution in [-0.2, 0) is 10.5 Å². The SMILES string of the molecule is COc1cccc(C2(c3cccc(C)n3)OCCN2C(C)C)c1. The molecular formula is C19H24N2O2. The maximum absolute atomic E-state index is 6.35. The quantitative estimate of drug-likeness (QED) is 0.867. The second kappa shape index (κ2) is 6.30. The molecule has 122 valence electrons. The Morgan fingerprint density at radius 3 is 2.70 bits per heavy atom. The molecule has 4 heteroatoms. The van der Waals surface area contributed by atoms with Crippen molar-refractivity contribution < 1.29 is 9.47 Å². The summed E-state index contributed by atoms with van der Waals surface area (Å²) >= 11 is 0. The molecule has 1 atom stereocenters. The van der Waals surface area contributed by atoms with Gasteiger partial charge in [-0.1, -0.05) is 18.2 Å². The highest BCUT2D eigenvalue weighted by Gasteiger charge is 2.48. The third-order valence-corrected chi connectivity index (χ3v) is 4.37. The number of hydrogen-bond acceptors (Lipinski definition) is 4. The minimum absolute atomic E-state index is 0.339. The highest BCUT2D eigenvalue weighted by Crippen LogP contribution is 2.42. The highest BCUT2D eigenvalue weighted by atomic mass is 16.5. The Kier molecular flexibility index (Phi) is 4.37. The Morgan fingerprint density at radius 2 is 2.00 bits per heavy atom. The first-order valence-electron chi connectivity index (χ1n) is 8.07. The fraction of sp³-hybridized carbons (Fsp3) is 0.421. The molecule has 1 aromatic heterocycles. The second-order valence-corrected chi connectivity index (χ2v) is 6.18. The molecule has 23 heavy (non-hydrogen) atoms. The predicted octanol–water partition coefficient (Wildman–Crippen LogP) is 3.34. The van der Waals surface area contributed by atoms with E-state index in [2.05, 4.69) is 24.8 Å². The molecule has 1 aliphatic rings. The number of pyridine rings is 1. The van der Waals surface area contributed by atoms with E-state index in [4.69, 9.17) is 14.5 Å². The van der Waals surface area contributed by atoms with Crippen molar-refractivity contribution in [1.82, 2.24) is 9.88 Å². The lowest BCUT2D eigenvalue weighted by Crippen LogP contribution is -2.47. The molecule has 1 aliphatic heterocycles. The van der Waals surface area contributed by atoms with Crippen LogP contribution >= 0.6 is 0 Å². The molecule has 0 saturated carbocycles. The van der Waals surface area contributed by atoms with Gasteiger partial charge in [-0.05, 0) is 45.0 Å². The van der Waals surface area contributed by atoms with Crippen LogP contribution in [0.5, 0.6) is 5.75 Å². The van der Waals surface area contributed by atoms with Gasteiger partial charge in [0.1, 0.15) is 5.75 Å². The first-order valence-corrected chi connectivity index (χ1v) is 8.07. The van der Waals surface area contributed by atoms with Crippen molar-refractivity contribution in [3.05, 3.63) is 59.4 Å². The fourth-order valence-electron chi connectivity index (χ4n) is 3.34. The van der Waals surface area contributed by atoms with Gasteiger partial charge < -0.3 is 9.47 Å². The number of methoxy groups -OCH3 is 1. The topological polar surface area (TPSA) is 34.6 Å². The highest BCUT2D eigenvalue weighted by molar-refractivity contribution is 5.38. The van der Waals surface area contributed by atoms with Gasteiger partial charge in [0.2, 0.25) is 0 Å². The molecule has 1 unspecified atom stereocenters. The molecule has 0 aliphatic carbocycles. The monoisotopic (exact) mass is 312 g/mol. The minimum Gasteiger partial charge on any atom is -0.497 e. The van der Waals surface area contributed by atoms with Gasteiger partial charge in [0.25, 0.3) is 0 Å². The van der Waals surface area contributed by atoms with Crippen LogP contribution in [0.3, 0.4) is 0 Å². The van der Waals surface area contributed by atoms with E-state index in [9.17, 15) is 0 Å². The van der Waals surface area contributed by atoms with Gasteiger partial charge in [0, 0.05) is 23.8 Å². The normalized spacial score (nSPS) is 21.8. The number of rotatable bonds is 4. The number of aromatic nitrogens is 1. The van der Waals surface area contributed by atoms with Crippen LogP contribution in [-0.4, -0.2) is 36.2 Å². The molecule has 1 saturated heterocycles. The van der Waals surface area contributed by atoms with Crippen molar-refractivity contribution in [1.29, 1.82) is 0 Å². The second-order valence-electron chi connectivity index (χ2n) is 6.18. The van der Waals surface area contributed by atoms with E-state index in [-0.39, 0.29) is 0 Å².